The van der Waals surface area contributed by atoms with Gasteiger partial charge < -0.3 is 14.4 Å². The third kappa shape index (κ3) is 2.03. The van der Waals surface area contributed by atoms with E-state index >= 15 is 0 Å². The van der Waals surface area contributed by atoms with Crippen molar-refractivity contribution in [2.45, 2.75) is 13.1 Å². The van der Waals surface area contributed by atoms with Crippen LogP contribution in [0, 0.1) is 5.92 Å². The van der Waals surface area contributed by atoms with Gasteiger partial charge in [-0.3, -0.25) is 9.59 Å². The number of hydrogen-bond donors (Lipinski definition) is 0. The molecule has 19 heavy (non-hydrogen) atoms. The van der Waals surface area contributed by atoms with E-state index in [1.165, 1.54) is 6.08 Å². The van der Waals surface area contributed by atoms with Crippen LogP contribution in [0.4, 0.5) is 0 Å². The number of carbonyl (C=O) groups excluding carboxylic acids is 2. The number of amides is 2. The highest BCUT2D eigenvalue weighted by atomic mass is 16.2. The van der Waals surface area contributed by atoms with E-state index < -0.39 is 0 Å². The third-order valence-corrected chi connectivity index (χ3v) is 3.79. The Morgan fingerprint density at radius 1 is 1.32 bits per heavy atom. The van der Waals surface area contributed by atoms with Crippen molar-refractivity contribution in [3.63, 3.8) is 0 Å². The normalized spacial score (nSPS) is 18.7. The highest BCUT2D eigenvalue weighted by molar-refractivity contribution is 5.90. The van der Waals surface area contributed by atoms with Crippen molar-refractivity contribution in [2.75, 3.05) is 19.6 Å². The third-order valence-electron chi connectivity index (χ3n) is 3.79. The molecule has 100 valence electrons. The largest absolute Gasteiger partial charge is 0.337 e. The first-order chi connectivity index (χ1) is 9.19. The first-order valence-corrected chi connectivity index (χ1v) is 6.38. The van der Waals surface area contributed by atoms with Crippen LogP contribution in [0.25, 0.3) is 0 Å². The number of fused-ring (bicyclic) bond motifs is 1. The second kappa shape index (κ2) is 4.53. The van der Waals surface area contributed by atoms with E-state index in [1.807, 2.05) is 4.90 Å². The molecule has 3 heterocycles. The summed E-state index contributed by atoms with van der Waals surface area (Å²) in [4.78, 5) is 31.2. The molecule has 0 aromatic carbocycles. The van der Waals surface area contributed by atoms with E-state index in [0.29, 0.717) is 26.2 Å². The van der Waals surface area contributed by atoms with Crippen LogP contribution in [0.15, 0.2) is 25.2 Å². The molecule has 0 bridgehead atoms. The number of hydrogen-bond acceptors (Lipinski definition) is 3. The van der Waals surface area contributed by atoms with Crippen molar-refractivity contribution in [3.05, 3.63) is 30.9 Å². The predicted octanol–water partition coefficient (Wildman–Crippen LogP) is -0.130. The molecule has 0 aliphatic carbocycles. The monoisotopic (exact) mass is 260 g/mol. The Labute approximate surface area is 111 Å². The molecular weight excluding hydrogens is 244 g/mol. The Hall–Kier alpha value is -2.11. The van der Waals surface area contributed by atoms with E-state index in [1.54, 1.807) is 17.4 Å². The van der Waals surface area contributed by atoms with Crippen molar-refractivity contribution in [1.82, 2.24) is 19.4 Å². The fraction of sp³-hybridized carbons (Fsp3) is 0.462. The molecule has 2 aliphatic rings. The van der Waals surface area contributed by atoms with Crippen LogP contribution in [-0.4, -0.2) is 50.8 Å². The summed E-state index contributed by atoms with van der Waals surface area (Å²) < 4.78 is 2.07. The molecule has 2 amide bonds. The van der Waals surface area contributed by atoms with Gasteiger partial charge in [-0.05, 0) is 6.08 Å². The molecule has 0 saturated carbocycles. The van der Waals surface area contributed by atoms with E-state index in [2.05, 4.69) is 16.1 Å². The molecule has 1 aromatic rings. The Morgan fingerprint density at radius 2 is 2.11 bits per heavy atom. The second-order valence-corrected chi connectivity index (χ2v) is 4.98. The molecule has 0 spiro atoms. The van der Waals surface area contributed by atoms with Crippen LogP contribution >= 0.6 is 0 Å². The zero-order valence-electron chi connectivity index (χ0n) is 10.7. The first-order valence-electron chi connectivity index (χ1n) is 6.38. The maximum absolute atomic E-state index is 12.3. The van der Waals surface area contributed by atoms with Gasteiger partial charge in [-0.2, -0.15) is 0 Å². The fourth-order valence-corrected chi connectivity index (χ4v) is 2.57. The average molecular weight is 260 g/mol. The molecule has 0 N–H and O–H groups in total. The molecule has 1 saturated heterocycles. The summed E-state index contributed by atoms with van der Waals surface area (Å²) in [6.07, 6.45) is 4.89. The van der Waals surface area contributed by atoms with Gasteiger partial charge >= 0.3 is 0 Å². The minimum Gasteiger partial charge on any atom is -0.337 e. The van der Waals surface area contributed by atoms with Gasteiger partial charge in [0.2, 0.25) is 11.8 Å². The highest BCUT2D eigenvalue weighted by Gasteiger charge is 2.37. The smallest absolute Gasteiger partial charge is 0.246 e. The molecule has 0 unspecified atom stereocenters. The lowest BCUT2D eigenvalue weighted by Gasteiger charge is -2.41. The number of imidazole rings is 1. The van der Waals surface area contributed by atoms with Crippen LogP contribution in [0.2, 0.25) is 0 Å². The average Bonchev–Trinajstić information content (AvgIpc) is 2.83. The maximum atomic E-state index is 12.3. The molecule has 1 fully saturated rings. The number of carbonyl (C=O) groups is 2. The van der Waals surface area contributed by atoms with Crippen LogP contribution in [0.1, 0.15) is 5.69 Å². The summed E-state index contributed by atoms with van der Waals surface area (Å²) in [6.45, 7) is 6.60. The summed E-state index contributed by atoms with van der Waals surface area (Å²) in [7, 11) is 0. The molecule has 6 heteroatoms. The van der Waals surface area contributed by atoms with Gasteiger partial charge in [0.05, 0.1) is 24.5 Å². The Morgan fingerprint density at radius 3 is 2.84 bits per heavy atom. The summed E-state index contributed by atoms with van der Waals surface area (Å²) >= 11 is 0. The molecule has 6 nitrogen and oxygen atoms in total. The van der Waals surface area contributed by atoms with E-state index in [9.17, 15) is 9.59 Å². The van der Waals surface area contributed by atoms with Crippen LogP contribution in [-0.2, 0) is 22.7 Å². The lowest BCUT2D eigenvalue weighted by molar-refractivity contribution is -0.147. The topological polar surface area (TPSA) is 58.4 Å². The zero-order chi connectivity index (χ0) is 13.4. The minimum absolute atomic E-state index is 0.0571. The second-order valence-electron chi connectivity index (χ2n) is 4.98. The van der Waals surface area contributed by atoms with Crippen LogP contribution in [0.3, 0.4) is 0 Å². The van der Waals surface area contributed by atoms with Gasteiger partial charge in [-0.25, -0.2) is 4.98 Å². The van der Waals surface area contributed by atoms with Crippen molar-refractivity contribution in [2.24, 2.45) is 5.92 Å². The van der Waals surface area contributed by atoms with E-state index in [-0.39, 0.29) is 17.7 Å². The van der Waals surface area contributed by atoms with Gasteiger partial charge in [0.25, 0.3) is 0 Å². The molecule has 0 atom stereocenters. The lowest BCUT2D eigenvalue weighted by Crippen LogP contribution is -2.56. The Bertz CT molecular complexity index is 531. The molecule has 3 rings (SSSR count). The summed E-state index contributed by atoms with van der Waals surface area (Å²) in [5, 5.41) is 0. The first kappa shape index (κ1) is 12.0. The highest BCUT2D eigenvalue weighted by Crippen LogP contribution is 2.21. The van der Waals surface area contributed by atoms with Crippen LogP contribution < -0.4 is 0 Å². The Balaban J connectivity index is 1.58. The molecule has 1 aromatic heterocycles. The summed E-state index contributed by atoms with van der Waals surface area (Å²) in [5.41, 5.74) is 1.07. The van der Waals surface area contributed by atoms with Gasteiger partial charge in [0.1, 0.15) is 0 Å². The Kier molecular flexibility index (Phi) is 2.85. The van der Waals surface area contributed by atoms with Crippen molar-refractivity contribution >= 4 is 11.8 Å². The lowest BCUT2D eigenvalue weighted by atomic mass is 9.98. The van der Waals surface area contributed by atoms with E-state index in [4.69, 9.17) is 0 Å². The zero-order valence-corrected chi connectivity index (χ0v) is 10.7. The predicted molar refractivity (Wildman–Crippen MR) is 67.9 cm³/mol. The SMILES string of the molecule is C=CC(=O)N1CC(C(=O)N2CCn3cncc3C2)C1. The number of nitrogens with zero attached hydrogens (tertiary/aromatic N) is 4. The van der Waals surface area contributed by atoms with Gasteiger partial charge in [0.15, 0.2) is 0 Å². The van der Waals surface area contributed by atoms with Gasteiger partial charge in [-0.15, -0.1) is 0 Å². The standard InChI is InChI=1S/C13H16N4O2/c1-2-12(18)17-6-10(7-17)13(19)15-3-4-16-9-14-5-11(16)8-15/h2,5,9-10H,1,3-4,6-8H2. The number of likely N-dealkylation sites (tertiary alicyclic amines) is 1. The van der Waals surface area contributed by atoms with Crippen LogP contribution in [0.5, 0.6) is 0 Å². The number of aromatic nitrogens is 2. The quantitative estimate of drug-likeness (QED) is 0.696. The molecule has 2 aliphatic heterocycles. The van der Waals surface area contributed by atoms with Gasteiger partial charge in [0, 0.05) is 32.4 Å². The summed E-state index contributed by atoms with van der Waals surface area (Å²) in [5.74, 6) is -0.0142. The van der Waals surface area contributed by atoms with Gasteiger partial charge in [-0.1, -0.05) is 6.58 Å². The maximum Gasteiger partial charge on any atom is 0.246 e. The minimum atomic E-state index is -0.0965. The fourth-order valence-electron chi connectivity index (χ4n) is 2.57. The van der Waals surface area contributed by atoms with Crippen molar-refractivity contribution in [3.8, 4) is 0 Å². The molecule has 0 radical (unpaired) electrons. The molecular formula is C13H16N4O2. The van der Waals surface area contributed by atoms with Crippen molar-refractivity contribution < 1.29 is 9.59 Å². The number of rotatable bonds is 2. The summed E-state index contributed by atoms with van der Waals surface area (Å²) in [6, 6.07) is 0. The van der Waals surface area contributed by atoms with E-state index in [0.717, 1.165) is 12.2 Å². The van der Waals surface area contributed by atoms with Crippen molar-refractivity contribution in [1.29, 1.82) is 0 Å².